The van der Waals surface area contributed by atoms with Gasteiger partial charge in [0.05, 0.1) is 5.69 Å². The van der Waals surface area contributed by atoms with Crippen molar-refractivity contribution in [3.8, 4) is 33.9 Å². The predicted octanol–water partition coefficient (Wildman–Crippen LogP) is 3.41. The van der Waals surface area contributed by atoms with E-state index >= 15 is 0 Å². The first kappa shape index (κ1) is 19.7. The highest BCUT2D eigenvalue weighted by molar-refractivity contribution is 5.81. The van der Waals surface area contributed by atoms with Gasteiger partial charge in [0.2, 0.25) is 0 Å². The largest absolute Gasteiger partial charge is 0.488 e. The minimum absolute atomic E-state index is 0.463. The number of nitrogens with two attached hydrogens (primary N) is 1. The molecule has 0 spiro atoms. The van der Waals surface area contributed by atoms with Gasteiger partial charge in [-0.05, 0) is 43.2 Å². The second-order valence-electron chi connectivity index (χ2n) is 7.26. The molecule has 2 heterocycles. The zero-order chi connectivity index (χ0) is 21.3. The van der Waals surface area contributed by atoms with Gasteiger partial charge in [-0.1, -0.05) is 12.1 Å². The molecule has 0 unspecified atom stereocenters. The molecule has 1 aliphatic rings. The Kier molecular flexibility index (Phi) is 5.27. The van der Waals surface area contributed by atoms with Gasteiger partial charge < -0.3 is 20.1 Å². The molecule has 0 aliphatic carbocycles. The molecule has 3 aromatic rings. The van der Waals surface area contributed by atoms with Gasteiger partial charge in [-0.15, -0.1) is 0 Å². The third-order valence-electron chi connectivity index (χ3n) is 5.26. The molecule has 2 aromatic carbocycles. The Hall–Kier alpha value is -3.61. The molecule has 0 fully saturated rings. The minimum atomic E-state index is -0.709. The molecule has 7 nitrogen and oxygen atoms in total. The number of fused-ring (bicyclic) bond motifs is 3. The standard InChI is InChI=1S/C23H24N4O3/c1-4-27(3)22-11-20(25-13-26-22)15-5-6-16-12-29-21-10-17(30-14(2)23(24)28)7-8-18(21)19(16)9-15/h5-11,13-14H,4,12H2,1-3H3,(H2,24,28)/t14-/m0/s1. The van der Waals surface area contributed by atoms with Gasteiger partial charge in [0, 0.05) is 36.9 Å². The average molecular weight is 404 g/mol. The van der Waals surface area contributed by atoms with Crippen LogP contribution in [-0.2, 0) is 11.4 Å². The number of rotatable bonds is 6. The van der Waals surface area contributed by atoms with E-state index in [9.17, 15) is 4.79 Å². The van der Waals surface area contributed by atoms with Crippen LogP contribution in [0.5, 0.6) is 11.5 Å². The zero-order valence-electron chi connectivity index (χ0n) is 17.3. The van der Waals surface area contributed by atoms with Gasteiger partial charge in [-0.25, -0.2) is 9.97 Å². The number of primary amides is 1. The summed E-state index contributed by atoms with van der Waals surface area (Å²) in [5.74, 6) is 1.63. The second-order valence-corrected chi connectivity index (χ2v) is 7.26. The van der Waals surface area contributed by atoms with E-state index in [0.29, 0.717) is 18.1 Å². The van der Waals surface area contributed by atoms with Gasteiger partial charge in [-0.3, -0.25) is 4.79 Å². The number of aromatic nitrogens is 2. The van der Waals surface area contributed by atoms with Crippen molar-refractivity contribution in [3.05, 3.63) is 54.4 Å². The van der Waals surface area contributed by atoms with Crippen molar-refractivity contribution < 1.29 is 14.3 Å². The van der Waals surface area contributed by atoms with Gasteiger partial charge in [0.15, 0.2) is 6.10 Å². The number of ether oxygens (including phenoxy) is 2. The van der Waals surface area contributed by atoms with Crippen molar-refractivity contribution in [1.82, 2.24) is 9.97 Å². The second kappa shape index (κ2) is 8.02. The third-order valence-corrected chi connectivity index (χ3v) is 5.26. The Balaban J connectivity index is 1.69. The molecule has 7 heteroatoms. The van der Waals surface area contributed by atoms with E-state index in [2.05, 4.69) is 40.0 Å². The number of carbonyl (C=O) groups excluding carboxylic acids is 1. The molecule has 2 N–H and O–H groups in total. The van der Waals surface area contributed by atoms with Gasteiger partial charge in [0.1, 0.15) is 30.3 Å². The molecule has 1 aliphatic heterocycles. The summed E-state index contributed by atoms with van der Waals surface area (Å²) in [6, 6.07) is 13.8. The monoisotopic (exact) mass is 404 g/mol. The number of benzene rings is 2. The van der Waals surface area contributed by atoms with Crippen molar-refractivity contribution >= 4 is 11.7 Å². The average Bonchev–Trinajstić information content (AvgIpc) is 2.77. The summed E-state index contributed by atoms with van der Waals surface area (Å²) < 4.78 is 11.5. The van der Waals surface area contributed by atoms with E-state index in [1.165, 1.54) is 0 Å². The minimum Gasteiger partial charge on any atom is -0.488 e. The number of amides is 1. The topological polar surface area (TPSA) is 90.6 Å². The molecule has 0 saturated heterocycles. The molecule has 30 heavy (non-hydrogen) atoms. The Morgan fingerprint density at radius 2 is 2.03 bits per heavy atom. The number of hydrogen-bond donors (Lipinski definition) is 1. The first-order valence-corrected chi connectivity index (χ1v) is 9.86. The van der Waals surface area contributed by atoms with Crippen molar-refractivity contribution in [2.45, 2.75) is 26.6 Å². The molecule has 0 saturated carbocycles. The Morgan fingerprint density at radius 1 is 1.20 bits per heavy atom. The molecule has 1 aromatic heterocycles. The number of hydrogen-bond acceptors (Lipinski definition) is 6. The summed E-state index contributed by atoms with van der Waals surface area (Å²) >= 11 is 0. The van der Waals surface area contributed by atoms with Crippen molar-refractivity contribution in [1.29, 1.82) is 0 Å². The van der Waals surface area contributed by atoms with Crippen LogP contribution in [0.1, 0.15) is 19.4 Å². The Labute approximate surface area is 175 Å². The molecule has 0 bridgehead atoms. The normalized spacial score (nSPS) is 12.9. The molecular weight excluding hydrogens is 380 g/mol. The van der Waals surface area contributed by atoms with Crippen LogP contribution in [0.2, 0.25) is 0 Å². The Bertz CT molecular complexity index is 1100. The Morgan fingerprint density at radius 3 is 2.80 bits per heavy atom. The van der Waals surface area contributed by atoms with E-state index in [4.69, 9.17) is 15.2 Å². The summed E-state index contributed by atoms with van der Waals surface area (Å²) in [6.07, 6.45) is 0.885. The highest BCUT2D eigenvalue weighted by Gasteiger charge is 2.20. The lowest BCUT2D eigenvalue weighted by Gasteiger charge is -2.23. The highest BCUT2D eigenvalue weighted by atomic mass is 16.5. The molecule has 0 radical (unpaired) electrons. The van der Waals surface area contributed by atoms with Crippen LogP contribution in [0.4, 0.5) is 5.82 Å². The number of anilines is 1. The van der Waals surface area contributed by atoms with Crippen LogP contribution in [0.3, 0.4) is 0 Å². The summed E-state index contributed by atoms with van der Waals surface area (Å²) in [5.41, 5.74) is 10.3. The third kappa shape index (κ3) is 3.78. The number of nitrogens with zero attached hydrogens (tertiary/aromatic N) is 3. The summed E-state index contributed by atoms with van der Waals surface area (Å²) in [7, 11) is 2.01. The van der Waals surface area contributed by atoms with Crippen LogP contribution >= 0.6 is 0 Å². The quantitative estimate of drug-likeness (QED) is 0.677. The predicted molar refractivity (Wildman–Crippen MR) is 115 cm³/mol. The first-order chi connectivity index (χ1) is 14.5. The maximum atomic E-state index is 11.3. The summed E-state index contributed by atoms with van der Waals surface area (Å²) in [5, 5.41) is 0. The van der Waals surface area contributed by atoms with Crippen LogP contribution in [0.25, 0.3) is 22.4 Å². The van der Waals surface area contributed by atoms with Gasteiger partial charge in [0.25, 0.3) is 5.91 Å². The van der Waals surface area contributed by atoms with Gasteiger partial charge >= 0.3 is 0 Å². The lowest BCUT2D eigenvalue weighted by atomic mass is 9.94. The summed E-state index contributed by atoms with van der Waals surface area (Å²) in [4.78, 5) is 22.2. The van der Waals surface area contributed by atoms with E-state index in [1.54, 1.807) is 19.3 Å². The fourth-order valence-corrected chi connectivity index (χ4v) is 3.32. The van der Waals surface area contributed by atoms with Gasteiger partial charge in [-0.2, -0.15) is 0 Å². The first-order valence-electron chi connectivity index (χ1n) is 9.86. The highest BCUT2D eigenvalue weighted by Crippen LogP contribution is 2.41. The maximum absolute atomic E-state index is 11.3. The van der Waals surface area contributed by atoms with Crippen molar-refractivity contribution in [3.63, 3.8) is 0 Å². The van der Waals surface area contributed by atoms with E-state index in [-0.39, 0.29) is 0 Å². The maximum Gasteiger partial charge on any atom is 0.258 e. The molecule has 4 rings (SSSR count). The molecule has 1 amide bonds. The lowest BCUT2D eigenvalue weighted by Crippen LogP contribution is -2.30. The van der Waals surface area contributed by atoms with Crippen LogP contribution < -0.4 is 20.1 Å². The zero-order valence-corrected chi connectivity index (χ0v) is 17.3. The van der Waals surface area contributed by atoms with Crippen molar-refractivity contribution in [2.24, 2.45) is 5.73 Å². The lowest BCUT2D eigenvalue weighted by molar-refractivity contribution is -0.123. The smallest absolute Gasteiger partial charge is 0.258 e. The van der Waals surface area contributed by atoms with Crippen LogP contribution in [-0.4, -0.2) is 35.6 Å². The molecule has 154 valence electrons. The van der Waals surface area contributed by atoms with E-state index in [0.717, 1.165) is 40.3 Å². The number of carbonyl (C=O) groups is 1. The fourth-order valence-electron chi connectivity index (χ4n) is 3.32. The van der Waals surface area contributed by atoms with Crippen LogP contribution in [0.15, 0.2) is 48.8 Å². The molecule has 1 atom stereocenters. The van der Waals surface area contributed by atoms with E-state index < -0.39 is 12.0 Å². The summed E-state index contributed by atoms with van der Waals surface area (Å²) in [6.45, 7) is 5.03. The van der Waals surface area contributed by atoms with Crippen molar-refractivity contribution in [2.75, 3.05) is 18.5 Å². The fraction of sp³-hybridized carbons (Fsp3) is 0.261. The SMILES string of the molecule is CCN(C)c1cc(-c2ccc3c(c2)-c2ccc(O[C@@H](C)C(N)=O)cc2OC3)ncn1. The molecular formula is C23H24N4O3. The van der Waals surface area contributed by atoms with Crippen LogP contribution in [0, 0.1) is 0 Å². The van der Waals surface area contributed by atoms with E-state index in [1.807, 2.05) is 25.2 Å².